The van der Waals surface area contributed by atoms with E-state index in [4.69, 9.17) is 10.2 Å². The summed E-state index contributed by atoms with van der Waals surface area (Å²) in [5.74, 6) is -1.95. The summed E-state index contributed by atoms with van der Waals surface area (Å²) in [4.78, 5) is 21.4. The predicted molar refractivity (Wildman–Crippen MR) is 68.4 cm³/mol. The minimum absolute atomic E-state index is 0.125. The van der Waals surface area contributed by atoms with E-state index in [1.54, 1.807) is 12.1 Å². The first-order valence-electron chi connectivity index (χ1n) is 5.65. The zero-order valence-corrected chi connectivity index (χ0v) is 10.4. The first-order chi connectivity index (χ1) is 8.40. The molecule has 0 fully saturated rings. The average Bonchev–Trinajstić information content (AvgIpc) is 2.28. The van der Waals surface area contributed by atoms with Gasteiger partial charge in [-0.25, -0.2) is 4.79 Å². The number of hydrogen-bond acceptors (Lipinski definition) is 2. The second kappa shape index (κ2) is 6.00. The molecule has 0 aromatic heterocycles. The van der Waals surface area contributed by atoms with Crippen LogP contribution in [0.4, 0.5) is 0 Å². The fraction of sp³-hybridized carbons (Fsp3) is 0.286. The Morgan fingerprint density at radius 1 is 1.17 bits per heavy atom. The van der Waals surface area contributed by atoms with Gasteiger partial charge in [-0.2, -0.15) is 0 Å². The van der Waals surface area contributed by atoms with Gasteiger partial charge in [0, 0.05) is 5.57 Å². The predicted octanol–water partition coefficient (Wildman–Crippen LogP) is 2.75. The Bertz CT molecular complexity index is 469. The lowest BCUT2D eigenvalue weighted by molar-refractivity contribution is -0.139. The zero-order valence-electron chi connectivity index (χ0n) is 10.4. The van der Waals surface area contributed by atoms with Crippen molar-refractivity contribution in [3.8, 4) is 0 Å². The van der Waals surface area contributed by atoms with Crippen LogP contribution in [0.1, 0.15) is 37.3 Å². The van der Waals surface area contributed by atoms with Gasteiger partial charge < -0.3 is 10.2 Å². The highest BCUT2D eigenvalue weighted by Gasteiger charge is 2.11. The molecule has 2 N–H and O–H groups in total. The number of rotatable bonds is 5. The van der Waals surface area contributed by atoms with Crippen molar-refractivity contribution in [1.29, 1.82) is 0 Å². The van der Waals surface area contributed by atoms with Gasteiger partial charge in [0.25, 0.3) is 0 Å². The second-order valence-corrected chi connectivity index (χ2v) is 4.37. The Balaban J connectivity index is 2.97. The van der Waals surface area contributed by atoms with Crippen LogP contribution in [0, 0.1) is 0 Å². The third kappa shape index (κ3) is 4.05. The lowest BCUT2D eigenvalue weighted by Crippen LogP contribution is -2.06. The summed E-state index contributed by atoms with van der Waals surface area (Å²) in [6.07, 6.45) is 0.905. The van der Waals surface area contributed by atoms with Crippen LogP contribution in [0.5, 0.6) is 0 Å². The summed E-state index contributed by atoms with van der Waals surface area (Å²) >= 11 is 0. The second-order valence-electron chi connectivity index (χ2n) is 4.37. The smallest absolute Gasteiger partial charge is 0.332 e. The van der Waals surface area contributed by atoms with E-state index in [0.717, 1.165) is 5.56 Å². The van der Waals surface area contributed by atoms with E-state index in [1.165, 1.54) is 6.08 Å². The molecule has 0 aliphatic heterocycles. The molecular weight excluding hydrogens is 232 g/mol. The number of carboxylic acid groups (broad SMARTS) is 2. The summed E-state index contributed by atoms with van der Waals surface area (Å²) in [5, 5.41) is 17.5. The molecule has 0 saturated heterocycles. The van der Waals surface area contributed by atoms with Crippen molar-refractivity contribution in [3.05, 3.63) is 41.0 Å². The largest absolute Gasteiger partial charge is 0.481 e. The number of carboxylic acids is 2. The van der Waals surface area contributed by atoms with Crippen molar-refractivity contribution in [2.24, 2.45) is 0 Å². The molecule has 0 aliphatic rings. The third-order valence-electron chi connectivity index (χ3n) is 2.56. The van der Waals surface area contributed by atoms with Gasteiger partial charge in [-0.05, 0) is 23.1 Å². The average molecular weight is 248 g/mol. The molecule has 0 saturated carbocycles. The Labute approximate surface area is 106 Å². The van der Waals surface area contributed by atoms with E-state index < -0.39 is 18.4 Å². The van der Waals surface area contributed by atoms with E-state index in [-0.39, 0.29) is 5.57 Å². The number of hydrogen-bond donors (Lipinski definition) is 2. The van der Waals surface area contributed by atoms with Crippen molar-refractivity contribution >= 4 is 18.0 Å². The highest BCUT2D eigenvalue weighted by molar-refractivity contribution is 5.96. The highest BCUT2D eigenvalue weighted by atomic mass is 16.4. The maximum absolute atomic E-state index is 10.9. The molecule has 1 rings (SSSR count). The summed E-state index contributed by atoms with van der Waals surface area (Å²) in [6.45, 7) is 4.13. The summed E-state index contributed by atoms with van der Waals surface area (Å²) in [7, 11) is 0. The standard InChI is InChI=1S/C14H16O4/c1-9(2)11-5-3-10(4-6-11)7-12(14(17)18)8-13(15)16/h3-7,9H,8H2,1-2H3,(H,15,16)(H,17,18)/b12-7-. The molecule has 1 aromatic rings. The Morgan fingerprint density at radius 2 is 1.72 bits per heavy atom. The number of aliphatic carboxylic acids is 2. The van der Waals surface area contributed by atoms with Gasteiger partial charge >= 0.3 is 11.9 Å². The maximum atomic E-state index is 10.9. The van der Waals surface area contributed by atoms with Gasteiger partial charge in [0.15, 0.2) is 0 Å². The Morgan fingerprint density at radius 3 is 2.11 bits per heavy atom. The van der Waals surface area contributed by atoms with Crippen LogP contribution in [-0.2, 0) is 9.59 Å². The van der Waals surface area contributed by atoms with Gasteiger partial charge in [-0.1, -0.05) is 38.1 Å². The summed E-state index contributed by atoms with van der Waals surface area (Å²) < 4.78 is 0. The molecule has 1 aromatic carbocycles. The van der Waals surface area contributed by atoms with E-state index >= 15 is 0 Å². The molecule has 0 aliphatic carbocycles. The van der Waals surface area contributed by atoms with Gasteiger partial charge in [0.2, 0.25) is 0 Å². The fourth-order valence-electron chi connectivity index (χ4n) is 1.53. The molecular formula is C14H16O4. The fourth-order valence-corrected chi connectivity index (χ4v) is 1.53. The van der Waals surface area contributed by atoms with Crippen molar-refractivity contribution in [1.82, 2.24) is 0 Å². The van der Waals surface area contributed by atoms with Crippen molar-refractivity contribution in [3.63, 3.8) is 0 Å². The minimum Gasteiger partial charge on any atom is -0.481 e. The Kier molecular flexibility index (Phi) is 4.66. The van der Waals surface area contributed by atoms with Crippen molar-refractivity contribution < 1.29 is 19.8 Å². The lowest BCUT2D eigenvalue weighted by Gasteiger charge is -2.05. The van der Waals surface area contributed by atoms with Gasteiger partial charge in [0.05, 0.1) is 6.42 Å². The van der Waals surface area contributed by atoms with Gasteiger partial charge in [0.1, 0.15) is 0 Å². The summed E-state index contributed by atoms with van der Waals surface area (Å²) in [6, 6.07) is 7.41. The topological polar surface area (TPSA) is 74.6 Å². The summed E-state index contributed by atoms with van der Waals surface area (Å²) in [5.41, 5.74) is 1.72. The first kappa shape index (κ1) is 14.0. The number of carbonyl (C=O) groups is 2. The quantitative estimate of drug-likeness (QED) is 0.786. The van der Waals surface area contributed by atoms with Crippen LogP contribution in [0.2, 0.25) is 0 Å². The van der Waals surface area contributed by atoms with Gasteiger partial charge in [-0.15, -0.1) is 0 Å². The molecule has 0 spiro atoms. The van der Waals surface area contributed by atoms with Crippen LogP contribution in [-0.4, -0.2) is 22.2 Å². The SMILES string of the molecule is CC(C)c1ccc(/C=C(/CC(=O)O)C(=O)O)cc1. The zero-order chi connectivity index (χ0) is 13.7. The van der Waals surface area contributed by atoms with Crippen LogP contribution in [0.3, 0.4) is 0 Å². The molecule has 0 atom stereocenters. The minimum atomic E-state index is -1.20. The molecule has 96 valence electrons. The molecule has 0 amide bonds. The van der Waals surface area contributed by atoms with Crippen LogP contribution in [0.15, 0.2) is 29.8 Å². The van der Waals surface area contributed by atoms with E-state index in [9.17, 15) is 9.59 Å². The molecule has 18 heavy (non-hydrogen) atoms. The molecule has 4 nitrogen and oxygen atoms in total. The van der Waals surface area contributed by atoms with E-state index in [0.29, 0.717) is 11.5 Å². The molecule has 4 heteroatoms. The lowest BCUT2D eigenvalue weighted by atomic mass is 10.0. The van der Waals surface area contributed by atoms with Crippen LogP contribution < -0.4 is 0 Å². The van der Waals surface area contributed by atoms with Crippen LogP contribution >= 0.6 is 0 Å². The van der Waals surface area contributed by atoms with Gasteiger partial charge in [-0.3, -0.25) is 4.79 Å². The first-order valence-corrected chi connectivity index (χ1v) is 5.65. The third-order valence-corrected chi connectivity index (χ3v) is 2.56. The van der Waals surface area contributed by atoms with E-state index in [1.807, 2.05) is 12.1 Å². The van der Waals surface area contributed by atoms with E-state index in [2.05, 4.69) is 13.8 Å². The molecule has 0 radical (unpaired) electrons. The molecule has 0 heterocycles. The Hall–Kier alpha value is -2.10. The van der Waals surface area contributed by atoms with Crippen molar-refractivity contribution in [2.45, 2.75) is 26.2 Å². The normalized spacial score (nSPS) is 11.6. The molecule has 0 bridgehead atoms. The number of benzene rings is 1. The molecule has 0 unspecified atom stereocenters. The highest BCUT2D eigenvalue weighted by Crippen LogP contribution is 2.17. The monoisotopic (exact) mass is 248 g/mol. The van der Waals surface area contributed by atoms with Crippen molar-refractivity contribution in [2.75, 3.05) is 0 Å². The van der Waals surface area contributed by atoms with Crippen LogP contribution in [0.25, 0.3) is 6.08 Å². The maximum Gasteiger partial charge on any atom is 0.332 e.